The minimum Gasteiger partial charge on any atom is -0.497 e. The summed E-state index contributed by atoms with van der Waals surface area (Å²) in [5.74, 6) is -1.48. The zero-order chi connectivity index (χ0) is 21.6. The van der Waals surface area contributed by atoms with Gasteiger partial charge >= 0.3 is 11.9 Å². The van der Waals surface area contributed by atoms with Crippen molar-refractivity contribution in [3.05, 3.63) is 30.0 Å². The fraction of sp³-hybridized carbons (Fsp3) is 0.368. The number of nitrogens with two attached hydrogens (primary N) is 1. The molecular formula is C19H27N5O5. The van der Waals surface area contributed by atoms with Crippen LogP contribution in [-0.2, 0) is 9.59 Å². The Kier molecular flexibility index (Phi) is 10.3. The van der Waals surface area contributed by atoms with Crippen LogP contribution in [0.2, 0.25) is 0 Å². The number of aromatic nitrogens is 1. The summed E-state index contributed by atoms with van der Waals surface area (Å²) >= 11 is 0. The second-order valence-corrected chi connectivity index (χ2v) is 5.96. The molecule has 0 unspecified atom stereocenters. The van der Waals surface area contributed by atoms with Gasteiger partial charge in [0.15, 0.2) is 0 Å². The number of aromatic amines is 1. The highest BCUT2D eigenvalue weighted by atomic mass is 16.5. The number of rotatable bonds is 9. The van der Waals surface area contributed by atoms with Gasteiger partial charge in [0.2, 0.25) is 5.96 Å². The van der Waals surface area contributed by atoms with E-state index in [0.29, 0.717) is 5.96 Å². The Balaban J connectivity index is 0.000000516. The minimum atomic E-state index is -1.31. The topological polar surface area (TPSA) is 162 Å². The van der Waals surface area contributed by atoms with Gasteiger partial charge < -0.3 is 25.7 Å². The average Bonchev–Trinajstić information content (AvgIpc) is 3.07. The summed E-state index contributed by atoms with van der Waals surface area (Å²) in [6.45, 7) is 2.89. The van der Waals surface area contributed by atoms with Crippen LogP contribution >= 0.6 is 0 Å². The van der Waals surface area contributed by atoms with E-state index in [0.717, 1.165) is 41.6 Å². The number of nitrogens with zero attached hydrogens (tertiary/aromatic N) is 2. The maximum absolute atomic E-state index is 9.43. The van der Waals surface area contributed by atoms with Crippen LogP contribution in [0.4, 0.5) is 0 Å². The van der Waals surface area contributed by atoms with Crippen LogP contribution in [-0.4, -0.2) is 53.0 Å². The van der Waals surface area contributed by atoms with Crippen LogP contribution in [0, 0.1) is 0 Å². The first-order chi connectivity index (χ1) is 13.9. The van der Waals surface area contributed by atoms with Gasteiger partial charge in [-0.25, -0.2) is 5.43 Å². The average molecular weight is 405 g/mol. The summed E-state index contributed by atoms with van der Waals surface area (Å²) in [4.78, 5) is 26.3. The number of nitrogens with one attached hydrogen (secondary N) is 2. The van der Waals surface area contributed by atoms with Gasteiger partial charge in [-0.1, -0.05) is 19.8 Å². The lowest BCUT2D eigenvalue weighted by molar-refractivity contribution is -0.147. The number of hydrazone groups is 1. The fourth-order valence-electron chi connectivity index (χ4n) is 2.25. The van der Waals surface area contributed by atoms with Gasteiger partial charge in [0.1, 0.15) is 12.2 Å². The smallest absolute Gasteiger partial charge is 0.314 e. The number of fused-ring (bicyclic) bond motifs is 1. The molecule has 0 bridgehead atoms. The van der Waals surface area contributed by atoms with Crippen molar-refractivity contribution >= 4 is 35.0 Å². The van der Waals surface area contributed by atoms with Crippen molar-refractivity contribution in [2.24, 2.45) is 15.8 Å². The van der Waals surface area contributed by atoms with E-state index < -0.39 is 18.4 Å². The molecule has 0 atom stereocenters. The van der Waals surface area contributed by atoms with E-state index in [1.807, 2.05) is 24.4 Å². The number of aliphatic carboxylic acids is 2. The Morgan fingerprint density at radius 1 is 1.28 bits per heavy atom. The van der Waals surface area contributed by atoms with Gasteiger partial charge in [-0.15, -0.1) is 0 Å². The third kappa shape index (κ3) is 9.27. The van der Waals surface area contributed by atoms with E-state index in [9.17, 15) is 9.59 Å². The largest absolute Gasteiger partial charge is 0.497 e. The van der Waals surface area contributed by atoms with Gasteiger partial charge in [0.25, 0.3) is 0 Å². The number of aliphatic imine (C=N–C) groups is 1. The molecule has 0 amide bonds. The maximum Gasteiger partial charge on any atom is 0.314 e. The molecule has 0 radical (unpaired) electrons. The number of hydrogen-bond donors (Lipinski definition) is 5. The Morgan fingerprint density at radius 3 is 2.59 bits per heavy atom. The Morgan fingerprint density at radius 2 is 2.00 bits per heavy atom. The molecule has 2 aromatic rings. The zero-order valence-electron chi connectivity index (χ0n) is 16.5. The summed E-state index contributed by atoms with van der Waals surface area (Å²) in [7, 11) is 1.65. The van der Waals surface area contributed by atoms with E-state index in [2.05, 4.69) is 27.4 Å². The molecule has 2 rings (SSSR count). The van der Waals surface area contributed by atoms with Gasteiger partial charge in [-0.3, -0.25) is 14.6 Å². The highest BCUT2D eigenvalue weighted by molar-refractivity contribution is 5.99. The van der Waals surface area contributed by atoms with E-state index in [4.69, 9.17) is 20.7 Å². The van der Waals surface area contributed by atoms with Crippen molar-refractivity contribution in [3.8, 4) is 5.75 Å². The molecule has 10 heteroatoms. The number of carboxylic acids is 2. The Bertz CT molecular complexity index is 848. The Labute approximate surface area is 168 Å². The number of ether oxygens (including phenoxy) is 1. The Hall–Kier alpha value is -3.56. The second-order valence-electron chi connectivity index (χ2n) is 5.96. The predicted octanol–water partition coefficient (Wildman–Crippen LogP) is 2.15. The highest BCUT2D eigenvalue weighted by Crippen LogP contribution is 2.22. The van der Waals surface area contributed by atoms with Crippen molar-refractivity contribution in [3.63, 3.8) is 0 Å². The standard InChI is InChI=1S/C16H23N5O.C3H4O4/c1-3-4-5-8-18-16(17)21-20-11-12-10-19-15-7-6-13(22-2)9-14(12)15;4-2(5)1-3(6)7/h6-7,9-11,19H,3-5,8H2,1-2H3,(H3,17,18,21);1H2,(H,4,5)(H,6,7)/b20-11-;. The van der Waals surface area contributed by atoms with Crippen molar-refractivity contribution in [2.45, 2.75) is 32.6 Å². The third-order valence-electron chi connectivity index (χ3n) is 3.65. The normalized spacial score (nSPS) is 11.2. The van der Waals surface area contributed by atoms with Crippen molar-refractivity contribution < 1.29 is 24.5 Å². The number of carboxylic acid groups (broad SMARTS) is 2. The first kappa shape index (κ1) is 23.5. The maximum atomic E-state index is 9.43. The van der Waals surface area contributed by atoms with Crippen molar-refractivity contribution in [2.75, 3.05) is 13.7 Å². The van der Waals surface area contributed by atoms with Crippen LogP contribution in [0.3, 0.4) is 0 Å². The summed E-state index contributed by atoms with van der Waals surface area (Å²) < 4.78 is 5.24. The number of unbranched alkanes of at least 4 members (excludes halogenated alkanes) is 2. The molecular weight excluding hydrogens is 378 g/mol. The molecule has 0 saturated heterocycles. The van der Waals surface area contributed by atoms with Crippen molar-refractivity contribution in [1.82, 2.24) is 10.4 Å². The van der Waals surface area contributed by atoms with Crippen LogP contribution in [0.15, 0.2) is 34.5 Å². The minimum absolute atomic E-state index is 0.338. The molecule has 0 aliphatic heterocycles. The van der Waals surface area contributed by atoms with Crippen LogP contribution in [0.25, 0.3) is 10.9 Å². The quantitative estimate of drug-likeness (QED) is 0.140. The lowest BCUT2D eigenvalue weighted by atomic mass is 10.2. The van der Waals surface area contributed by atoms with Gasteiger partial charge in [-0.05, 0) is 24.6 Å². The molecule has 0 aliphatic rings. The van der Waals surface area contributed by atoms with Gasteiger partial charge in [-0.2, -0.15) is 5.10 Å². The monoisotopic (exact) mass is 405 g/mol. The van der Waals surface area contributed by atoms with E-state index in [-0.39, 0.29) is 0 Å². The van der Waals surface area contributed by atoms with E-state index >= 15 is 0 Å². The number of hydrogen-bond acceptors (Lipinski definition) is 5. The van der Waals surface area contributed by atoms with Crippen LogP contribution in [0.5, 0.6) is 5.75 Å². The van der Waals surface area contributed by atoms with E-state index in [1.54, 1.807) is 13.3 Å². The summed E-state index contributed by atoms with van der Waals surface area (Å²) in [6.07, 6.45) is 6.18. The molecule has 0 spiro atoms. The number of benzene rings is 1. The molecule has 158 valence electrons. The van der Waals surface area contributed by atoms with Crippen molar-refractivity contribution in [1.29, 1.82) is 0 Å². The van der Waals surface area contributed by atoms with Crippen LogP contribution < -0.4 is 15.9 Å². The summed E-state index contributed by atoms with van der Waals surface area (Å²) in [6, 6.07) is 5.86. The molecule has 0 aliphatic carbocycles. The fourth-order valence-corrected chi connectivity index (χ4v) is 2.25. The number of carbonyl (C=O) groups is 2. The predicted molar refractivity (Wildman–Crippen MR) is 111 cm³/mol. The molecule has 29 heavy (non-hydrogen) atoms. The molecule has 1 aromatic carbocycles. The molecule has 6 N–H and O–H groups in total. The van der Waals surface area contributed by atoms with E-state index in [1.165, 1.54) is 6.42 Å². The summed E-state index contributed by atoms with van der Waals surface area (Å²) in [5, 5.41) is 20.6. The third-order valence-corrected chi connectivity index (χ3v) is 3.65. The SMILES string of the molecule is CCCCCN=C(N)N/N=C\c1c[nH]c2ccc(OC)cc12.O=C(O)CC(=O)O. The molecule has 1 heterocycles. The number of guanidine groups is 1. The number of H-pyrrole nitrogens is 1. The molecule has 0 fully saturated rings. The molecule has 1 aromatic heterocycles. The van der Waals surface area contributed by atoms with Gasteiger partial charge in [0, 0.05) is 29.2 Å². The van der Waals surface area contributed by atoms with Gasteiger partial charge in [0.05, 0.1) is 13.3 Å². The zero-order valence-corrected chi connectivity index (χ0v) is 16.5. The first-order valence-corrected chi connectivity index (χ1v) is 9.05. The second kappa shape index (κ2) is 12.8. The van der Waals surface area contributed by atoms with Crippen LogP contribution in [0.1, 0.15) is 38.2 Å². The number of methoxy groups -OCH3 is 1. The summed E-state index contributed by atoms with van der Waals surface area (Å²) in [5.41, 5.74) is 10.5. The highest BCUT2D eigenvalue weighted by Gasteiger charge is 2.03. The lowest BCUT2D eigenvalue weighted by Crippen LogP contribution is -2.27. The first-order valence-electron chi connectivity index (χ1n) is 9.05. The lowest BCUT2D eigenvalue weighted by Gasteiger charge is -2.00. The molecule has 0 saturated carbocycles. The molecule has 10 nitrogen and oxygen atoms in total.